The summed E-state index contributed by atoms with van der Waals surface area (Å²) >= 11 is 0. The van der Waals surface area contributed by atoms with Crippen molar-refractivity contribution in [2.75, 3.05) is 0 Å². The minimum absolute atomic E-state index is 0.147. The molecule has 9 heteroatoms. The monoisotopic (exact) mass is 355 g/mol. The van der Waals surface area contributed by atoms with Gasteiger partial charge in [-0.2, -0.15) is 5.10 Å². The Bertz CT molecular complexity index is 1080. The SMILES string of the molecule is O=CO.O=c1c2[nH]ccc2ncn1Cc1cn[nH]c1-c1ccc(F)cc1. The van der Waals surface area contributed by atoms with Gasteiger partial charge in [-0.25, -0.2) is 9.37 Å². The number of carboxylic acid groups (broad SMARTS) is 1. The van der Waals surface area contributed by atoms with Crippen LogP contribution in [-0.2, 0) is 11.3 Å². The normalized spacial score (nSPS) is 10.3. The number of nitrogens with one attached hydrogen (secondary N) is 2. The maximum absolute atomic E-state index is 13.1. The molecule has 0 radical (unpaired) electrons. The molecule has 0 fully saturated rings. The van der Waals surface area contributed by atoms with Crippen molar-refractivity contribution in [2.24, 2.45) is 0 Å². The van der Waals surface area contributed by atoms with Crippen molar-refractivity contribution < 1.29 is 14.3 Å². The average molecular weight is 355 g/mol. The van der Waals surface area contributed by atoms with Crippen LogP contribution in [0.4, 0.5) is 4.39 Å². The van der Waals surface area contributed by atoms with E-state index in [1.165, 1.54) is 23.0 Å². The van der Waals surface area contributed by atoms with Crippen molar-refractivity contribution in [3.05, 3.63) is 70.8 Å². The van der Waals surface area contributed by atoms with E-state index in [-0.39, 0.29) is 17.8 Å². The van der Waals surface area contributed by atoms with Crippen molar-refractivity contribution in [1.29, 1.82) is 0 Å². The molecule has 132 valence electrons. The summed E-state index contributed by atoms with van der Waals surface area (Å²) < 4.78 is 14.6. The minimum atomic E-state index is -0.299. The van der Waals surface area contributed by atoms with Crippen LogP contribution in [0.1, 0.15) is 5.56 Å². The quantitative estimate of drug-likeness (QED) is 0.486. The number of aromatic amines is 2. The van der Waals surface area contributed by atoms with Gasteiger partial charge >= 0.3 is 0 Å². The number of halogens is 1. The molecule has 0 aliphatic carbocycles. The molecule has 0 unspecified atom stereocenters. The van der Waals surface area contributed by atoms with Crippen molar-refractivity contribution in [2.45, 2.75) is 6.54 Å². The van der Waals surface area contributed by atoms with Gasteiger partial charge in [0, 0.05) is 17.3 Å². The van der Waals surface area contributed by atoms with Gasteiger partial charge in [0.1, 0.15) is 11.3 Å². The summed E-state index contributed by atoms with van der Waals surface area (Å²) in [4.78, 5) is 27.9. The van der Waals surface area contributed by atoms with E-state index in [4.69, 9.17) is 9.90 Å². The first-order valence-corrected chi connectivity index (χ1v) is 7.52. The van der Waals surface area contributed by atoms with Gasteiger partial charge in [0.05, 0.1) is 30.3 Å². The molecule has 4 aromatic rings. The maximum atomic E-state index is 13.1. The Kier molecular flexibility index (Phi) is 4.88. The predicted octanol–water partition coefficient (Wildman–Crippen LogP) is 2.00. The second kappa shape index (κ2) is 7.43. The summed E-state index contributed by atoms with van der Waals surface area (Å²) in [7, 11) is 0. The van der Waals surface area contributed by atoms with Gasteiger partial charge in [-0.15, -0.1) is 0 Å². The van der Waals surface area contributed by atoms with Crippen LogP contribution in [0.3, 0.4) is 0 Å². The summed E-state index contributed by atoms with van der Waals surface area (Å²) in [5.74, 6) is -0.299. The number of benzene rings is 1. The fourth-order valence-corrected chi connectivity index (χ4v) is 2.56. The van der Waals surface area contributed by atoms with Crippen LogP contribution in [-0.4, -0.2) is 36.3 Å². The fourth-order valence-electron chi connectivity index (χ4n) is 2.56. The number of aromatic nitrogens is 5. The molecule has 0 bridgehead atoms. The Balaban J connectivity index is 0.000000613. The van der Waals surface area contributed by atoms with Crippen LogP contribution in [0.2, 0.25) is 0 Å². The standard InChI is InChI=1S/C16H12FN5O.CH2O2/c17-12-3-1-10(2-4-12)14-11(7-20-21-14)8-22-9-19-13-5-6-18-15(13)16(22)23;2-1-3/h1-7,9,18H,8H2,(H,20,21);1H,(H,2,3). The first-order chi connectivity index (χ1) is 12.6. The first-order valence-electron chi connectivity index (χ1n) is 7.52. The van der Waals surface area contributed by atoms with E-state index in [1.54, 1.807) is 30.6 Å². The zero-order valence-electron chi connectivity index (χ0n) is 13.4. The second-order valence-electron chi connectivity index (χ2n) is 5.30. The highest BCUT2D eigenvalue weighted by Crippen LogP contribution is 2.21. The number of rotatable bonds is 3. The maximum Gasteiger partial charge on any atom is 0.290 e. The van der Waals surface area contributed by atoms with Gasteiger partial charge in [-0.05, 0) is 30.3 Å². The lowest BCUT2D eigenvalue weighted by Gasteiger charge is -2.06. The van der Waals surface area contributed by atoms with Gasteiger partial charge in [0.15, 0.2) is 0 Å². The van der Waals surface area contributed by atoms with E-state index in [9.17, 15) is 9.18 Å². The molecule has 1 aromatic carbocycles. The zero-order chi connectivity index (χ0) is 18.5. The Labute approximate surface area is 146 Å². The number of H-pyrrole nitrogens is 2. The summed E-state index contributed by atoms with van der Waals surface area (Å²) in [6, 6.07) is 7.86. The molecular weight excluding hydrogens is 341 g/mol. The molecular formula is C17H14FN5O3. The molecule has 0 atom stereocenters. The molecule has 3 aromatic heterocycles. The van der Waals surface area contributed by atoms with Crippen LogP contribution in [0.15, 0.2) is 53.8 Å². The van der Waals surface area contributed by atoms with Gasteiger partial charge < -0.3 is 10.1 Å². The molecule has 26 heavy (non-hydrogen) atoms. The summed E-state index contributed by atoms with van der Waals surface area (Å²) in [5, 5.41) is 13.8. The highest BCUT2D eigenvalue weighted by molar-refractivity contribution is 5.73. The number of nitrogens with zero attached hydrogens (tertiary/aromatic N) is 3. The third kappa shape index (κ3) is 3.36. The molecule has 3 N–H and O–H groups in total. The van der Waals surface area contributed by atoms with E-state index in [0.717, 1.165) is 16.8 Å². The van der Waals surface area contributed by atoms with E-state index in [0.29, 0.717) is 17.6 Å². The molecule has 0 aliphatic rings. The zero-order valence-corrected chi connectivity index (χ0v) is 13.4. The summed E-state index contributed by atoms with van der Waals surface area (Å²) in [6.07, 6.45) is 4.86. The summed E-state index contributed by atoms with van der Waals surface area (Å²) in [6.45, 7) is 0.0734. The van der Waals surface area contributed by atoms with E-state index in [2.05, 4.69) is 20.2 Å². The highest BCUT2D eigenvalue weighted by atomic mass is 19.1. The lowest BCUT2D eigenvalue weighted by atomic mass is 10.1. The average Bonchev–Trinajstić information content (AvgIpc) is 3.28. The molecule has 3 heterocycles. The largest absolute Gasteiger partial charge is 0.483 e. The summed E-state index contributed by atoms with van der Waals surface area (Å²) in [5.41, 5.74) is 3.35. The molecule has 8 nitrogen and oxygen atoms in total. The van der Waals surface area contributed by atoms with Crippen molar-refractivity contribution >= 4 is 17.5 Å². The number of fused-ring (bicyclic) bond motifs is 1. The minimum Gasteiger partial charge on any atom is -0.483 e. The van der Waals surface area contributed by atoms with Gasteiger partial charge in [-0.3, -0.25) is 19.3 Å². The van der Waals surface area contributed by atoms with E-state index >= 15 is 0 Å². The van der Waals surface area contributed by atoms with Crippen molar-refractivity contribution in [3.8, 4) is 11.3 Å². The van der Waals surface area contributed by atoms with Crippen LogP contribution < -0.4 is 5.56 Å². The lowest BCUT2D eigenvalue weighted by molar-refractivity contribution is -0.122. The van der Waals surface area contributed by atoms with Gasteiger partial charge in [0.25, 0.3) is 12.0 Å². The van der Waals surface area contributed by atoms with Crippen LogP contribution in [0.5, 0.6) is 0 Å². The highest BCUT2D eigenvalue weighted by Gasteiger charge is 2.11. The molecule has 4 rings (SSSR count). The molecule has 0 saturated carbocycles. The third-order valence-electron chi connectivity index (χ3n) is 3.73. The molecule has 0 saturated heterocycles. The second-order valence-corrected chi connectivity index (χ2v) is 5.30. The van der Waals surface area contributed by atoms with Crippen molar-refractivity contribution in [1.82, 2.24) is 24.7 Å². The molecule has 0 amide bonds. The third-order valence-corrected chi connectivity index (χ3v) is 3.73. The number of hydrogen-bond donors (Lipinski definition) is 3. The van der Waals surface area contributed by atoms with Crippen molar-refractivity contribution in [3.63, 3.8) is 0 Å². The Morgan fingerprint density at radius 2 is 1.96 bits per heavy atom. The van der Waals surface area contributed by atoms with Gasteiger partial charge in [0.2, 0.25) is 0 Å². The first kappa shape index (κ1) is 17.1. The van der Waals surface area contributed by atoms with Crippen LogP contribution in [0, 0.1) is 5.82 Å². The Morgan fingerprint density at radius 1 is 1.23 bits per heavy atom. The Hall–Kier alpha value is -3.75. The smallest absolute Gasteiger partial charge is 0.290 e. The van der Waals surface area contributed by atoms with Crippen LogP contribution >= 0.6 is 0 Å². The molecule has 0 aliphatic heterocycles. The number of carbonyl (C=O) groups is 1. The topological polar surface area (TPSA) is 117 Å². The van der Waals surface area contributed by atoms with Crippen LogP contribution in [0.25, 0.3) is 22.3 Å². The Morgan fingerprint density at radius 3 is 2.69 bits per heavy atom. The molecule has 0 spiro atoms. The predicted molar refractivity (Wildman–Crippen MR) is 92.1 cm³/mol. The number of hydrogen-bond acceptors (Lipinski definition) is 4. The fraction of sp³-hybridized carbons (Fsp3) is 0.0588. The van der Waals surface area contributed by atoms with E-state index in [1.807, 2.05) is 0 Å². The van der Waals surface area contributed by atoms with E-state index < -0.39 is 0 Å². The van der Waals surface area contributed by atoms with Gasteiger partial charge in [-0.1, -0.05) is 0 Å². The lowest BCUT2D eigenvalue weighted by Crippen LogP contribution is -2.21.